The third-order valence-electron chi connectivity index (χ3n) is 11.9. The van der Waals surface area contributed by atoms with Crippen molar-refractivity contribution in [1.82, 2.24) is 0 Å². The molecule has 5 amide bonds. The molecule has 3 heterocycles. The molecule has 6 aromatic carbocycles. The van der Waals surface area contributed by atoms with Gasteiger partial charge in [-0.2, -0.15) is 13.2 Å². The van der Waals surface area contributed by atoms with Crippen LogP contribution < -0.4 is 43.8 Å². The van der Waals surface area contributed by atoms with E-state index in [-0.39, 0.29) is 59.6 Å². The van der Waals surface area contributed by atoms with E-state index in [1.165, 1.54) is 36.4 Å². The molecule has 3 aliphatic heterocycles. The zero-order valence-corrected chi connectivity index (χ0v) is 43.2. The summed E-state index contributed by atoms with van der Waals surface area (Å²) in [5, 5.41) is 14.2. The van der Waals surface area contributed by atoms with Crippen molar-refractivity contribution < 1.29 is 46.2 Å². The lowest BCUT2D eigenvalue weighted by Gasteiger charge is -2.10. The van der Waals surface area contributed by atoms with Crippen LogP contribution in [-0.4, -0.2) is 74.0 Å². The molecular weight excluding hydrogens is 1060 g/mol. The fraction of sp³-hybridized carbons (Fsp3) is 0.236. The van der Waals surface area contributed by atoms with Crippen LogP contribution in [-0.2, 0) is 39.6 Å². The van der Waals surface area contributed by atoms with Crippen molar-refractivity contribution in [2.24, 2.45) is 32.2 Å². The number of aryl methyl sites for hydroxylation is 3. The molecule has 0 fully saturated rings. The summed E-state index contributed by atoms with van der Waals surface area (Å²) in [7, 11) is 0. The van der Waals surface area contributed by atoms with Crippen molar-refractivity contribution >= 4 is 87.7 Å². The van der Waals surface area contributed by atoms with Gasteiger partial charge in [-0.15, -0.1) is 0 Å². The molecule has 9 rings (SSSR count). The van der Waals surface area contributed by atoms with Crippen LogP contribution in [0.25, 0.3) is 0 Å². The number of carbonyl (C=O) groups is 3. The minimum absolute atomic E-state index is 0.0623. The summed E-state index contributed by atoms with van der Waals surface area (Å²) in [5.74, 6) is -0.634. The lowest BCUT2D eigenvalue weighted by Crippen LogP contribution is -2.19. The van der Waals surface area contributed by atoms with Crippen LogP contribution >= 0.6 is 23.2 Å². The van der Waals surface area contributed by atoms with E-state index in [0.717, 1.165) is 67.3 Å². The number of hydrogen-bond acceptors (Lipinski definition) is 12. The zero-order chi connectivity index (χ0) is 55.6. The number of ether oxygens (including phenoxy) is 3. The topological polar surface area (TPSA) is 254 Å². The number of alkyl halides is 3. The van der Waals surface area contributed by atoms with Crippen LogP contribution in [0.1, 0.15) is 51.9 Å². The second kappa shape index (κ2) is 27.5. The van der Waals surface area contributed by atoms with Crippen LogP contribution in [0.15, 0.2) is 155 Å². The molecule has 0 bridgehead atoms. The SMILES string of the molecule is NC1=N[C@@H](CCc2ccc(NC(=O)Nc3ccc(C(F)(F)F)cc3)cc2)CO1.NC1=N[C@@H](CCc2ccc(NC(=O)Nc3ccc(Cl)c(Cl)c3)cc2)CO1.NC1=N[C@@H](CCc2ccc(NC(=O)c3ccc(F)cc3)cc2)CO1. The van der Waals surface area contributed by atoms with Gasteiger partial charge in [0, 0.05) is 34.0 Å². The molecule has 0 aliphatic carbocycles. The number of rotatable bonds is 15. The number of nitrogens with zero attached hydrogens (tertiary/aromatic N) is 3. The summed E-state index contributed by atoms with van der Waals surface area (Å²) in [4.78, 5) is 48.7. The second-order valence-corrected chi connectivity index (χ2v) is 18.6. The zero-order valence-electron chi connectivity index (χ0n) is 41.7. The Morgan fingerprint density at radius 3 is 1.18 bits per heavy atom. The van der Waals surface area contributed by atoms with Gasteiger partial charge in [0.05, 0.1) is 33.7 Å². The molecule has 0 saturated heterocycles. The maximum atomic E-state index is 12.9. The minimum Gasteiger partial charge on any atom is -0.463 e. The van der Waals surface area contributed by atoms with E-state index in [1.54, 1.807) is 30.3 Å². The predicted molar refractivity (Wildman–Crippen MR) is 296 cm³/mol. The number of nitrogens with two attached hydrogens (primary N) is 3. The number of urea groups is 2. The highest BCUT2D eigenvalue weighted by molar-refractivity contribution is 6.42. The predicted octanol–water partition coefficient (Wildman–Crippen LogP) is 11.0. The van der Waals surface area contributed by atoms with Gasteiger partial charge in [0.15, 0.2) is 0 Å². The Kier molecular flexibility index (Phi) is 20.1. The van der Waals surface area contributed by atoms with Gasteiger partial charge in [-0.3, -0.25) is 4.79 Å². The number of aliphatic imine (C=N–C) groups is 3. The Bertz CT molecular complexity index is 3080. The van der Waals surface area contributed by atoms with E-state index in [1.807, 2.05) is 60.7 Å². The highest BCUT2D eigenvalue weighted by Gasteiger charge is 2.30. The van der Waals surface area contributed by atoms with E-state index >= 15 is 0 Å². The average molecular weight is 1110 g/mol. The molecule has 78 heavy (non-hydrogen) atoms. The normalized spacial score (nSPS) is 16.2. The third-order valence-corrected chi connectivity index (χ3v) is 12.6. The Labute approximate surface area is 456 Å². The van der Waals surface area contributed by atoms with Gasteiger partial charge in [-0.1, -0.05) is 59.6 Å². The summed E-state index contributed by atoms with van der Waals surface area (Å²) >= 11 is 11.8. The number of amidine groups is 3. The van der Waals surface area contributed by atoms with Gasteiger partial charge in [0.2, 0.25) is 0 Å². The number of nitrogens with one attached hydrogen (secondary N) is 5. The van der Waals surface area contributed by atoms with Gasteiger partial charge in [0.1, 0.15) is 25.6 Å². The van der Waals surface area contributed by atoms with E-state index in [0.29, 0.717) is 58.2 Å². The van der Waals surface area contributed by atoms with E-state index in [2.05, 4.69) is 41.6 Å². The lowest BCUT2D eigenvalue weighted by molar-refractivity contribution is -0.137. The van der Waals surface area contributed by atoms with Gasteiger partial charge in [-0.05, 0) is 158 Å². The molecule has 11 N–H and O–H groups in total. The van der Waals surface area contributed by atoms with Crippen molar-refractivity contribution in [3.05, 3.63) is 183 Å². The van der Waals surface area contributed by atoms with Gasteiger partial charge < -0.3 is 58.0 Å². The summed E-state index contributed by atoms with van der Waals surface area (Å²) in [6.07, 6.45) is 0.641. The molecular formula is C55H55Cl2F4N11O6. The number of amides is 5. The largest absolute Gasteiger partial charge is 0.463 e. The minimum atomic E-state index is -4.41. The average Bonchev–Trinajstić information content (AvgIpc) is 4.17. The molecule has 0 aromatic heterocycles. The molecule has 3 atom stereocenters. The Morgan fingerprint density at radius 2 is 0.833 bits per heavy atom. The van der Waals surface area contributed by atoms with Crippen molar-refractivity contribution in [3.8, 4) is 0 Å². The van der Waals surface area contributed by atoms with Gasteiger partial charge >= 0.3 is 18.2 Å². The maximum absolute atomic E-state index is 12.9. The Balaban J connectivity index is 0.000000170. The molecule has 6 aromatic rings. The molecule has 0 saturated carbocycles. The smallest absolute Gasteiger partial charge is 0.416 e. The van der Waals surface area contributed by atoms with E-state index < -0.39 is 17.8 Å². The van der Waals surface area contributed by atoms with Crippen molar-refractivity contribution in [1.29, 1.82) is 0 Å². The fourth-order valence-electron chi connectivity index (χ4n) is 7.72. The van der Waals surface area contributed by atoms with Crippen LogP contribution in [0.5, 0.6) is 0 Å². The van der Waals surface area contributed by atoms with Gasteiger partial charge in [0.25, 0.3) is 24.0 Å². The van der Waals surface area contributed by atoms with Crippen LogP contribution in [0, 0.1) is 5.82 Å². The number of hydrogen-bond donors (Lipinski definition) is 8. The first-order valence-corrected chi connectivity index (χ1v) is 25.1. The first-order chi connectivity index (χ1) is 37.4. The molecule has 0 spiro atoms. The van der Waals surface area contributed by atoms with Gasteiger partial charge in [-0.25, -0.2) is 29.0 Å². The number of benzene rings is 6. The first kappa shape index (κ1) is 57.2. The quantitative estimate of drug-likeness (QED) is 0.0455. The summed E-state index contributed by atoms with van der Waals surface area (Å²) in [5.41, 5.74) is 22.3. The standard InChI is InChI=1S/C19H19F3N4O2.C18H18Cl2N4O2.C18H18FN3O2/c20-19(21,22)13-4-9-15(10-5-13)26-18(27)25-14-6-1-12(2-7-14)3-8-16-11-28-17(23)24-16;19-15-8-7-13(9-16(15)20)24-18(25)23-12-4-1-11(2-5-12)3-6-14-10-26-17(21)22-14;19-14-6-4-13(5-7-14)17(23)21-15-8-1-12(2-9-15)3-10-16-11-24-18(20)22-16/h1-2,4-7,9-10,16H,3,8,11H2,(H2,23,24)(H2,25,26,27);1-2,4-5,7-9,14H,3,6,10H2,(H2,21,22)(H2,23,24,25);1-2,4-9,16H,3,10-11H2,(H2,20,22)(H,21,23)/t16-;14-;16-/m000/s1. The monoisotopic (exact) mass is 1110 g/mol. The molecule has 0 radical (unpaired) electrons. The van der Waals surface area contributed by atoms with Crippen molar-refractivity contribution in [3.63, 3.8) is 0 Å². The summed E-state index contributed by atoms with van der Waals surface area (Å²) < 4.78 is 65.9. The first-order valence-electron chi connectivity index (χ1n) is 24.4. The molecule has 408 valence electrons. The number of halogens is 6. The van der Waals surface area contributed by atoms with Crippen molar-refractivity contribution in [2.45, 2.75) is 62.8 Å². The van der Waals surface area contributed by atoms with E-state index in [4.69, 9.17) is 54.6 Å². The highest BCUT2D eigenvalue weighted by atomic mass is 35.5. The summed E-state index contributed by atoms with van der Waals surface area (Å²) in [6.45, 7) is 1.58. The van der Waals surface area contributed by atoms with Crippen LogP contribution in [0.3, 0.4) is 0 Å². The van der Waals surface area contributed by atoms with E-state index in [9.17, 15) is 31.9 Å². The lowest BCUT2D eigenvalue weighted by atomic mass is 10.1. The summed E-state index contributed by atoms with van der Waals surface area (Å²) in [6, 6.07) is 37.3. The highest BCUT2D eigenvalue weighted by Crippen LogP contribution is 2.30. The van der Waals surface area contributed by atoms with Crippen molar-refractivity contribution in [2.75, 3.05) is 46.4 Å². The number of carbonyl (C=O) groups excluding carboxylic acids is 3. The fourth-order valence-corrected chi connectivity index (χ4v) is 8.02. The molecule has 0 unspecified atom stereocenters. The molecule has 17 nitrogen and oxygen atoms in total. The van der Waals surface area contributed by atoms with Crippen LogP contribution in [0.4, 0.5) is 55.6 Å². The third kappa shape index (κ3) is 18.6. The Morgan fingerprint density at radius 1 is 0.487 bits per heavy atom. The van der Waals surface area contributed by atoms with Crippen LogP contribution in [0.2, 0.25) is 10.0 Å². The second-order valence-electron chi connectivity index (χ2n) is 17.8. The molecule has 3 aliphatic rings. The molecule has 23 heteroatoms. The number of anilines is 5. The Hall–Kier alpha value is -8.56. The maximum Gasteiger partial charge on any atom is 0.416 e.